The maximum Gasteiger partial charge on any atom is 0.325 e. The first-order valence-corrected chi connectivity index (χ1v) is 11.0. The van der Waals surface area contributed by atoms with Crippen molar-refractivity contribution < 1.29 is 28.5 Å². The Morgan fingerprint density at radius 3 is 2.22 bits per heavy atom. The zero-order chi connectivity index (χ0) is 25.5. The zero-order valence-corrected chi connectivity index (χ0v) is 20.0. The summed E-state index contributed by atoms with van der Waals surface area (Å²) in [4.78, 5) is 28.9. The van der Waals surface area contributed by atoms with Crippen LogP contribution in [0, 0.1) is 0 Å². The van der Waals surface area contributed by atoms with Crippen LogP contribution in [0.4, 0.5) is 10.5 Å². The number of benzene rings is 3. The molecule has 4 aromatic rings. The summed E-state index contributed by atoms with van der Waals surface area (Å²) >= 11 is 0. The highest BCUT2D eigenvalue weighted by molar-refractivity contribution is 6.01. The first kappa shape index (κ1) is 24.3. The summed E-state index contributed by atoms with van der Waals surface area (Å²) in [5.41, 5.74) is 1.88. The molecule has 2 N–H and O–H groups in total. The number of carbonyl (C=O) groups excluding carboxylic acids is 2. The molecular formula is C27H25N3O6. The van der Waals surface area contributed by atoms with E-state index in [-0.39, 0.29) is 6.42 Å². The van der Waals surface area contributed by atoms with Crippen molar-refractivity contribution in [3.8, 4) is 28.7 Å². The van der Waals surface area contributed by atoms with E-state index in [1.807, 2.05) is 6.07 Å². The Bertz CT molecular complexity index is 1390. The molecule has 3 aromatic carbocycles. The number of pyridine rings is 1. The van der Waals surface area contributed by atoms with Crippen LogP contribution in [0.2, 0.25) is 0 Å². The number of fused-ring (bicyclic) bond motifs is 1. The number of urea groups is 1. The van der Waals surface area contributed by atoms with E-state index in [1.54, 1.807) is 81.1 Å². The number of amides is 3. The Labute approximate surface area is 208 Å². The lowest BCUT2D eigenvalue weighted by Crippen LogP contribution is -2.35. The standard InChI is InChI=1S/C27H25N3O6/c1-33-22-7-5-4-6-17(22)14-26(31)30-27(32)29-18-8-10-19(11-9-18)36-23-12-13-28-21-16-25(35-3)24(34-2)15-20(21)23/h4-13,15-16H,14H2,1-3H3,(H2,29,30,31,32). The smallest absolute Gasteiger partial charge is 0.325 e. The van der Waals surface area contributed by atoms with Crippen LogP contribution in [-0.2, 0) is 11.2 Å². The third-order valence-corrected chi connectivity index (χ3v) is 5.34. The number of ether oxygens (including phenoxy) is 4. The molecule has 3 amide bonds. The van der Waals surface area contributed by atoms with Gasteiger partial charge in [0.15, 0.2) is 11.5 Å². The number of aromatic nitrogens is 1. The molecule has 0 saturated carbocycles. The fourth-order valence-corrected chi connectivity index (χ4v) is 3.62. The average molecular weight is 488 g/mol. The molecule has 0 aliphatic heterocycles. The minimum atomic E-state index is -0.635. The van der Waals surface area contributed by atoms with Gasteiger partial charge in [0.2, 0.25) is 5.91 Å². The van der Waals surface area contributed by atoms with Gasteiger partial charge in [0.1, 0.15) is 17.2 Å². The molecule has 0 saturated heterocycles. The Kier molecular flexibility index (Phi) is 7.50. The van der Waals surface area contributed by atoms with E-state index in [1.165, 1.54) is 7.11 Å². The van der Waals surface area contributed by atoms with Gasteiger partial charge in [-0.3, -0.25) is 15.1 Å². The van der Waals surface area contributed by atoms with Gasteiger partial charge in [-0.1, -0.05) is 18.2 Å². The van der Waals surface area contributed by atoms with Gasteiger partial charge >= 0.3 is 6.03 Å². The number of methoxy groups -OCH3 is 3. The molecule has 184 valence electrons. The molecule has 0 unspecified atom stereocenters. The van der Waals surface area contributed by atoms with E-state index in [4.69, 9.17) is 18.9 Å². The first-order valence-electron chi connectivity index (χ1n) is 11.0. The number of carbonyl (C=O) groups is 2. The highest BCUT2D eigenvalue weighted by atomic mass is 16.5. The zero-order valence-electron chi connectivity index (χ0n) is 20.0. The topological polar surface area (TPSA) is 108 Å². The lowest BCUT2D eigenvalue weighted by atomic mass is 10.1. The largest absolute Gasteiger partial charge is 0.496 e. The van der Waals surface area contributed by atoms with Gasteiger partial charge in [0.25, 0.3) is 0 Å². The summed E-state index contributed by atoms with van der Waals surface area (Å²) in [6.45, 7) is 0. The second-order valence-corrected chi connectivity index (χ2v) is 7.65. The number of nitrogens with one attached hydrogen (secondary N) is 2. The summed E-state index contributed by atoms with van der Waals surface area (Å²) in [6.07, 6.45) is 1.66. The number of anilines is 1. The van der Waals surface area contributed by atoms with Crippen LogP contribution >= 0.6 is 0 Å². The quantitative estimate of drug-likeness (QED) is 0.362. The van der Waals surface area contributed by atoms with Crippen molar-refractivity contribution in [2.45, 2.75) is 6.42 Å². The minimum absolute atomic E-state index is 0.0146. The van der Waals surface area contributed by atoms with Crippen LogP contribution in [0.1, 0.15) is 5.56 Å². The van der Waals surface area contributed by atoms with Gasteiger partial charge in [-0.15, -0.1) is 0 Å². The molecular weight excluding hydrogens is 462 g/mol. The minimum Gasteiger partial charge on any atom is -0.496 e. The van der Waals surface area contributed by atoms with Gasteiger partial charge in [-0.25, -0.2) is 4.79 Å². The van der Waals surface area contributed by atoms with Gasteiger partial charge in [0.05, 0.1) is 33.3 Å². The molecule has 0 aliphatic carbocycles. The number of para-hydroxylation sites is 1. The Morgan fingerprint density at radius 2 is 1.50 bits per heavy atom. The summed E-state index contributed by atoms with van der Waals surface area (Å²) in [7, 11) is 4.66. The fraction of sp³-hybridized carbons (Fsp3) is 0.148. The number of hydrogen-bond acceptors (Lipinski definition) is 7. The number of rotatable bonds is 8. The molecule has 0 fully saturated rings. The highest BCUT2D eigenvalue weighted by Crippen LogP contribution is 2.37. The number of imide groups is 1. The molecule has 0 bridgehead atoms. The summed E-state index contributed by atoms with van der Waals surface area (Å²) < 4.78 is 22.0. The molecule has 9 heteroatoms. The van der Waals surface area contributed by atoms with Crippen LogP contribution in [-0.4, -0.2) is 38.3 Å². The van der Waals surface area contributed by atoms with Crippen molar-refractivity contribution >= 4 is 28.5 Å². The number of nitrogens with zero attached hydrogens (tertiary/aromatic N) is 1. The third kappa shape index (κ3) is 5.64. The maximum absolute atomic E-state index is 12.3. The monoisotopic (exact) mass is 487 g/mol. The van der Waals surface area contributed by atoms with Crippen LogP contribution in [0.5, 0.6) is 28.7 Å². The van der Waals surface area contributed by atoms with E-state index in [0.717, 1.165) is 5.39 Å². The Morgan fingerprint density at radius 1 is 0.806 bits per heavy atom. The van der Waals surface area contributed by atoms with Crippen LogP contribution in [0.15, 0.2) is 72.9 Å². The van der Waals surface area contributed by atoms with Crippen molar-refractivity contribution in [1.82, 2.24) is 10.3 Å². The van der Waals surface area contributed by atoms with Gasteiger partial charge in [-0.2, -0.15) is 0 Å². The van der Waals surface area contributed by atoms with Gasteiger partial charge < -0.3 is 24.3 Å². The highest BCUT2D eigenvalue weighted by Gasteiger charge is 2.13. The molecule has 1 aromatic heterocycles. The normalized spacial score (nSPS) is 10.4. The predicted molar refractivity (Wildman–Crippen MR) is 135 cm³/mol. The van der Waals surface area contributed by atoms with E-state index < -0.39 is 11.9 Å². The maximum atomic E-state index is 12.3. The first-order chi connectivity index (χ1) is 17.5. The molecule has 0 radical (unpaired) electrons. The van der Waals surface area contributed by atoms with E-state index in [9.17, 15) is 9.59 Å². The molecule has 36 heavy (non-hydrogen) atoms. The molecule has 1 heterocycles. The fourth-order valence-electron chi connectivity index (χ4n) is 3.62. The predicted octanol–water partition coefficient (Wildman–Crippen LogP) is 4.94. The summed E-state index contributed by atoms with van der Waals surface area (Å²) in [6, 6.07) is 18.6. The van der Waals surface area contributed by atoms with E-state index in [2.05, 4.69) is 15.6 Å². The lowest BCUT2D eigenvalue weighted by molar-refractivity contribution is -0.119. The summed E-state index contributed by atoms with van der Waals surface area (Å²) in [5, 5.41) is 5.71. The molecule has 4 rings (SSSR count). The van der Waals surface area contributed by atoms with Gasteiger partial charge in [-0.05, 0) is 42.5 Å². The molecule has 9 nitrogen and oxygen atoms in total. The van der Waals surface area contributed by atoms with Crippen molar-refractivity contribution in [3.63, 3.8) is 0 Å². The third-order valence-electron chi connectivity index (χ3n) is 5.34. The Balaban J connectivity index is 1.39. The van der Waals surface area contributed by atoms with Crippen molar-refractivity contribution in [2.75, 3.05) is 26.6 Å². The number of hydrogen-bond donors (Lipinski definition) is 2. The average Bonchev–Trinajstić information content (AvgIpc) is 2.89. The van der Waals surface area contributed by atoms with Crippen LogP contribution < -0.4 is 29.6 Å². The van der Waals surface area contributed by atoms with Crippen LogP contribution in [0.3, 0.4) is 0 Å². The van der Waals surface area contributed by atoms with Crippen molar-refractivity contribution in [2.24, 2.45) is 0 Å². The molecule has 0 aliphatic rings. The lowest BCUT2D eigenvalue weighted by Gasteiger charge is -2.13. The Hall–Kier alpha value is -4.79. The van der Waals surface area contributed by atoms with Crippen LogP contribution in [0.25, 0.3) is 10.9 Å². The van der Waals surface area contributed by atoms with E-state index in [0.29, 0.717) is 45.5 Å². The van der Waals surface area contributed by atoms with Gasteiger partial charge in [0, 0.05) is 28.9 Å². The van der Waals surface area contributed by atoms with E-state index >= 15 is 0 Å². The second-order valence-electron chi connectivity index (χ2n) is 7.65. The SMILES string of the molecule is COc1ccccc1CC(=O)NC(=O)Nc1ccc(Oc2ccnc3cc(OC)c(OC)cc23)cc1. The van der Waals surface area contributed by atoms with Crippen molar-refractivity contribution in [3.05, 3.63) is 78.5 Å². The second kappa shape index (κ2) is 11.1. The molecule has 0 atom stereocenters. The molecule has 0 spiro atoms. The van der Waals surface area contributed by atoms with Crippen molar-refractivity contribution in [1.29, 1.82) is 0 Å². The summed E-state index contributed by atoms with van der Waals surface area (Å²) in [5.74, 6) is 2.41.